The summed E-state index contributed by atoms with van der Waals surface area (Å²) in [5, 5.41) is 11.4. The van der Waals surface area contributed by atoms with Crippen LogP contribution in [0.1, 0.15) is 67.8 Å². The van der Waals surface area contributed by atoms with Crippen molar-refractivity contribution in [2.45, 2.75) is 58.8 Å². The molecule has 0 aliphatic rings. The van der Waals surface area contributed by atoms with Gasteiger partial charge in [0.05, 0.1) is 5.56 Å². The van der Waals surface area contributed by atoms with Crippen LogP contribution in [0.4, 0.5) is 0 Å². The molecule has 2 aromatic carbocycles. The normalized spacial score (nSPS) is 11.2. The molecule has 0 aliphatic carbocycles. The molecule has 1 N–H and O–H groups in total. The highest BCUT2D eigenvalue weighted by molar-refractivity contribution is 6.03. The first kappa shape index (κ1) is 19.2. The highest BCUT2D eigenvalue weighted by Gasteiger charge is 2.19. The average molecular weight is 364 g/mol. The molecule has 3 nitrogen and oxygen atoms in total. The summed E-state index contributed by atoms with van der Waals surface area (Å²) in [5.41, 5.74) is 2.95. The highest BCUT2D eigenvalue weighted by Crippen LogP contribution is 2.37. The minimum absolute atomic E-state index is 0.0630. The summed E-state index contributed by atoms with van der Waals surface area (Å²) in [4.78, 5) is 12.8. The van der Waals surface area contributed by atoms with Gasteiger partial charge in [0.2, 0.25) is 0 Å². The quantitative estimate of drug-likeness (QED) is 0.327. The zero-order chi connectivity index (χ0) is 19.2. The van der Waals surface area contributed by atoms with Gasteiger partial charge in [-0.2, -0.15) is 0 Å². The van der Waals surface area contributed by atoms with Crippen LogP contribution in [-0.2, 0) is 0 Å². The van der Waals surface area contributed by atoms with Gasteiger partial charge in [-0.25, -0.2) is 0 Å². The van der Waals surface area contributed by atoms with E-state index in [1.165, 1.54) is 25.7 Å². The summed E-state index contributed by atoms with van der Waals surface area (Å²) < 4.78 is 5.94. The molecule has 3 rings (SSSR count). The van der Waals surface area contributed by atoms with Crippen LogP contribution >= 0.6 is 0 Å². The van der Waals surface area contributed by atoms with Gasteiger partial charge in [0, 0.05) is 17.4 Å². The molecule has 0 unspecified atom stereocenters. The SMILES string of the molecule is CCCCCCCCC(=O)c1cccc(O)c1-c1cc2cc(C)ccc2o1. The Morgan fingerprint density at radius 3 is 2.59 bits per heavy atom. The number of benzene rings is 2. The second-order valence-corrected chi connectivity index (χ2v) is 7.29. The lowest BCUT2D eigenvalue weighted by Crippen LogP contribution is -2.01. The van der Waals surface area contributed by atoms with Gasteiger partial charge >= 0.3 is 0 Å². The third-order valence-electron chi connectivity index (χ3n) is 5.02. The largest absolute Gasteiger partial charge is 0.507 e. The van der Waals surface area contributed by atoms with Gasteiger partial charge in [0.15, 0.2) is 5.78 Å². The maximum Gasteiger partial charge on any atom is 0.163 e. The number of carbonyl (C=O) groups excluding carboxylic acids is 1. The summed E-state index contributed by atoms with van der Waals surface area (Å²) in [7, 11) is 0. The number of phenolic OH excluding ortho intramolecular Hbond substituents is 1. The fourth-order valence-electron chi connectivity index (χ4n) is 3.52. The van der Waals surface area contributed by atoms with E-state index in [2.05, 4.69) is 6.92 Å². The van der Waals surface area contributed by atoms with Crippen molar-refractivity contribution in [2.24, 2.45) is 0 Å². The topological polar surface area (TPSA) is 50.4 Å². The number of aromatic hydroxyl groups is 1. The molecule has 1 aromatic heterocycles. The van der Waals surface area contributed by atoms with Gasteiger partial charge in [0.1, 0.15) is 17.1 Å². The van der Waals surface area contributed by atoms with Crippen molar-refractivity contribution in [3.8, 4) is 17.1 Å². The Kier molecular flexibility index (Phi) is 6.33. The van der Waals surface area contributed by atoms with Gasteiger partial charge < -0.3 is 9.52 Å². The van der Waals surface area contributed by atoms with Crippen molar-refractivity contribution in [1.82, 2.24) is 0 Å². The van der Waals surface area contributed by atoms with E-state index in [-0.39, 0.29) is 11.5 Å². The molecule has 0 radical (unpaired) electrons. The number of rotatable bonds is 9. The van der Waals surface area contributed by atoms with E-state index in [1.54, 1.807) is 18.2 Å². The molecule has 0 bridgehead atoms. The summed E-state index contributed by atoms with van der Waals surface area (Å²) in [6.45, 7) is 4.23. The van der Waals surface area contributed by atoms with E-state index in [0.29, 0.717) is 23.3 Å². The summed E-state index contributed by atoms with van der Waals surface area (Å²) >= 11 is 0. The van der Waals surface area contributed by atoms with Crippen molar-refractivity contribution in [3.63, 3.8) is 0 Å². The predicted octanol–water partition coefficient (Wildman–Crippen LogP) is 7.05. The smallest absolute Gasteiger partial charge is 0.163 e. The number of ketones is 1. The monoisotopic (exact) mass is 364 g/mol. The number of fused-ring (bicyclic) bond motifs is 1. The van der Waals surface area contributed by atoms with Crippen molar-refractivity contribution in [1.29, 1.82) is 0 Å². The van der Waals surface area contributed by atoms with E-state index in [9.17, 15) is 9.90 Å². The molecule has 1 heterocycles. The van der Waals surface area contributed by atoms with Crippen molar-refractivity contribution in [3.05, 3.63) is 53.6 Å². The molecule has 0 amide bonds. The minimum Gasteiger partial charge on any atom is -0.507 e. The molecule has 0 saturated carbocycles. The molecule has 27 heavy (non-hydrogen) atoms. The predicted molar refractivity (Wildman–Crippen MR) is 110 cm³/mol. The number of Topliss-reactive ketones (excluding diaryl/α,β-unsaturated/α-hetero) is 1. The molecular formula is C24H28O3. The van der Waals surface area contributed by atoms with Crippen LogP contribution in [0.2, 0.25) is 0 Å². The van der Waals surface area contributed by atoms with Gasteiger partial charge in [-0.05, 0) is 37.6 Å². The number of hydrogen-bond donors (Lipinski definition) is 1. The summed E-state index contributed by atoms with van der Waals surface area (Å²) in [6.07, 6.45) is 7.36. The lowest BCUT2D eigenvalue weighted by Gasteiger charge is -2.09. The molecule has 0 fully saturated rings. The van der Waals surface area contributed by atoms with Crippen LogP contribution in [0.3, 0.4) is 0 Å². The fraction of sp³-hybridized carbons (Fsp3) is 0.375. The third kappa shape index (κ3) is 4.60. The number of aryl methyl sites for hydroxylation is 1. The van der Waals surface area contributed by atoms with Gasteiger partial charge in [-0.15, -0.1) is 0 Å². The Hall–Kier alpha value is -2.55. The van der Waals surface area contributed by atoms with Crippen LogP contribution in [-0.4, -0.2) is 10.9 Å². The van der Waals surface area contributed by atoms with E-state index in [4.69, 9.17) is 4.42 Å². The third-order valence-corrected chi connectivity index (χ3v) is 5.02. The van der Waals surface area contributed by atoms with E-state index >= 15 is 0 Å². The van der Waals surface area contributed by atoms with Crippen LogP contribution in [0.5, 0.6) is 5.75 Å². The Morgan fingerprint density at radius 2 is 1.78 bits per heavy atom. The van der Waals surface area contributed by atoms with Crippen LogP contribution in [0.25, 0.3) is 22.3 Å². The van der Waals surface area contributed by atoms with E-state index in [1.807, 2.05) is 31.2 Å². The Bertz CT molecular complexity index is 921. The van der Waals surface area contributed by atoms with E-state index < -0.39 is 0 Å². The standard InChI is InChI=1S/C24H28O3/c1-3-4-5-6-7-8-11-20(25)19-10-9-12-21(26)24(19)23-16-18-15-17(2)13-14-22(18)27-23/h9-10,12-16,26H,3-8,11H2,1-2H3. The first-order chi connectivity index (χ1) is 13.1. The zero-order valence-electron chi connectivity index (χ0n) is 16.3. The molecule has 3 aromatic rings. The number of phenols is 1. The number of carbonyl (C=O) groups is 1. The number of unbranched alkanes of at least 4 members (excludes halogenated alkanes) is 5. The van der Waals surface area contributed by atoms with Crippen molar-refractivity contribution >= 4 is 16.8 Å². The van der Waals surface area contributed by atoms with Gasteiger partial charge in [-0.3, -0.25) is 4.79 Å². The number of furan rings is 1. The van der Waals surface area contributed by atoms with Crippen LogP contribution < -0.4 is 0 Å². The molecule has 0 atom stereocenters. The lowest BCUT2D eigenvalue weighted by molar-refractivity contribution is 0.0979. The first-order valence-corrected chi connectivity index (χ1v) is 9.96. The van der Waals surface area contributed by atoms with Gasteiger partial charge in [-0.1, -0.05) is 62.8 Å². The summed E-state index contributed by atoms with van der Waals surface area (Å²) in [5.74, 6) is 0.688. The van der Waals surface area contributed by atoms with Crippen LogP contribution in [0, 0.1) is 6.92 Å². The fourth-order valence-corrected chi connectivity index (χ4v) is 3.52. The molecular weight excluding hydrogens is 336 g/mol. The summed E-state index contributed by atoms with van der Waals surface area (Å²) in [6, 6.07) is 13.0. The average Bonchev–Trinajstić information content (AvgIpc) is 3.06. The molecule has 142 valence electrons. The Balaban J connectivity index is 1.80. The zero-order valence-corrected chi connectivity index (χ0v) is 16.3. The minimum atomic E-state index is 0.0630. The highest BCUT2D eigenvalue weighted by atomic mass is 16.3. The first-order valence-electron chi connectivity index (χ1n) is 9.96. The lowest BCUT2D eigenvalue weighted by atomic mass is 9.96. The second kappa shape index (κ2) is 8.90. The molecule has 0 aliphatic heterocycles. The van der Waals surface area contributed by atoms with Crippen molar-refractivity contribution < 1.29 is 14.3 Å². The van der Waals surface area contributed by atoms with Crippen molar-refractivity contribution in [2.75, 3.05) is 0 Å². The Morgan fingerprint density at radius 1 is 1.00 bits per heavy atom. The second-order valence-electron chi connectivity index (χ2n) is 7.29. The molecule has 0 saturated heterocycles. The molecule has 0 spiro atoms. The number of hydrogen-bond acceptors (Lipinski definition) is 3. The Labute approximate surface area is 161 Å². The van der Waals surface area contributed by atoms with Gasteiger partial charge in [0.25, 0.3) is 0 Å². The molecule has 3 heteroatoms. The maximum absolute atomic E-state index is 12.8. The van der Waals surface area contributed by atoms with Crippen LogP contribution in [0.15, 0.2) is 46.9 Å². The van der Waals surface area contributed by atoms with E-state index in [0.717, 1.165) is 29.4 Å². The maximum atomic E-state index is 12.8.